The number of hydrogen-bond acceptors (Lipinski definition) is 6. The highest BCUT2D eigenvalue weighted by Crippen LogP contribution is 2.46. The second kappa shape index (κ2) is 11.0. The third-order valence-corrected chi connectivity index (χ3v) is 5.64. The normalized spacial score (nSPS) is 21.1. The van der Waals surface area contributed by atoms with Crippen LogP contribution < -0.4 is 5.32 Å². The SMILES string of the molecule is CC1=C(C)C2([C@@H](Cc3ccccc3)Nc3ccc(C)cc3)C=CC1O2.O=C=O.O=C=O. The van der Waals surface area contributed by atoms with E-state index in [4.69, 9.17) is 23.9 Å². The molecular formula is C25H25NO5. The van der Waals surface area contributed by atoms with Crippen molar-refractivity contribution in [2.24, 2.45) is 0 Å². The Labute approximate surface area is 181 Å². The molecule has 2 heterocycles. The maximum Gasteiger partial charge on any atom is 0.373 e. The Morgan fingerprint density at radius 3 is 2.03 bits per heavy atom. The minimum Gasteiger partial charge on any atom is -0.378 e. The maximum atomic E-state index is 8.12. The number of aryl methyl sites for hydroxylation is 1. The molecule has 2 aromatic carbocycles. The summed E-state index contributed by atoms with van der Waals surface area (Å²) in [5, 5.41) is 3.76. The van der Waals surface area contributed by atoms with Gasteiger partial charge in [-0.25, -0.2) is 0 Å². The predicted molar refractivity (Wildman–Crippen MR) is 114 cm³/mol. The number of carbonyl (C=O) groups excluding carboxylic acids is 4. The van der Waals surface area contributed by atoms with Gasteiger partial charge in [0.2, 0.25) is 0 Å². The van der Waals surface area contributed by atoms with E-state index in [1.54, 1.807) is 0 Å². The van der Waals surface area contributed by atoms with Crippen LogP contribution in [0.15, 0.2) is 77.9 Å². The molecular weight excluding hydrogens is 394 g/mol. The van der Waals surface area contributed by atoms with Crippen LogP contribution in [-0.4, -0.2) is 30.0 Å². The van der Waals surface area contributed by atoms with Crippen molar-refractivity contribution in [2.45, 2.75) is 44.9 Å². The van der Waals surface area contributed by atoms with Crippen molar-refractivity contribution in [3.05, 3.63) is 89.0 Å². The quantitative estimate of drug-likeness (QED) is 0.740. The first-order valence-electron chi connectivity index (χ1n) is 9.82. The van der Waals surface area contributed by atoms with E-state index < -0.39 is 0 Å². The second-order valence-corrected chi connectivity index (χ2v) is 7.42. The zero-order valence-electron chi connectivity index (χ0n) is 17.8. The summed E-state index contributed by atoms with van der Waals surface area (Å²) in [6.45, 7) is 6.52. The molecule has 1 N–H and O–H groups in total. The van der Waals surface area contributed by atoms with Gasteiger partial charge < -0.3 is 10.1 Å². The van der Waals surface area contributed by atoms with E-state index in [9.17, 15) is 0 Å². The summed E-state index contributed by atoms with van der Waals surface area (Å²) < 4.78 is 6.47. The zero-order chi connectivity index (χ0) is 22.9. The van der Waals surface area contributed by atoms with Crippen molar-refractivity contribution in [1.29, 1.82) is 0 Å². The number of rotatable bonds is 5. The van der Waals surface area contributed by atoms with Crippen molar-refractivity contribution in [1.82, 2.24) is 0 Å². The molecule has 2 bridgehead atoms. The third kappa shape index (κ3) is 5.53. The summed E-state index contributed by atoms with van der Waals surface area (Å²) in [6.07, 6.45) is 6.01. The molecule has 0 aliphatic carbocycles. The number of benzene rings is 2. The summed E-state index contributed by atoms with van der Waals surface area (Å²) in [6, 6.07) is 19.4. The Morgan fingerprint density at radius 2 is 1.52 bits per heavy atom. The van der Waals surface area contributed by atoms with Gasteiger partial charge in [0.05, 0.1) is 12.1 Å². The molecule has 31 heavy (non-hydrogen) atoms. The molecule has 160 valence electrons. The van der Waals surface area contributed by atoms with Gasteiger partial charge in [-0.15, -0.1) is 0 Å². The smallest absolute Gasteiger partial charge is 0.373 e. The lowest BCUT2D eigenvalue weighted by Gasteiger charge is -2.36. The fraction of sp³-hybridized carbons (Fsp3) is 0.280. The number of ether oxygens (including phenoxy) is 1. The van der Waals surface area contributed by atoms with Crippen molar-refractivity contribution in [3.8, 4) is 0 Å². The molecule has 0 saturated heterocycles. The molecule has 0 aromatic heterocycles. The van der Waals surface area contributed by atoms with Crippen LogP contribution in [0, 0.1) is 6.92 Å². The van der Waals surface area contributed by atoms with Crippen molar-refractivity contribution in [3.63, 3.8) is 0 Å². The highest BCUT2D eigenvalue weighted by Gasteiger charge is 2.50. The van der Waals surface area contributed by atoms with Gasteiger partial charge in [-0.1, -0.05) is 54.1 Å². The lowest BCUT2D eigenvalue weighted by atomic mass is 9.80. The molecule has 2 unspecified atom stereocenters. The van der Waals surface area contributed by atoms with Gasteiger partial charge in [-0.3, -0.25) is 0 Å². The van der Waals surface area contributed by atoms with Crippen LogP contribution in [0.2, 0.25) is 0 Å². The highest BCUT2D eigenvalue weighted by atomic mass is 16.5. The molecule has 6 nitrogen and oxygen atoms in total. The molecule has 2 aliphatic heterocycles. The molecule has 0 radical (unpaired) electrons. The van der Waals surface area contributed by atoms with E-state index in [1.165, 1.54) is 22.3 Å². The fourth-order valence-corrected chi connectivity index (χ4v) is 3.96. The standard InChI is InChI=1S/C23H25NO.2CO2/c1-16-9-11-20(12-10-16)24-22(15-19-7-5-4-6-8-19)23-14-13-21(25-23)17(2)18(23)3;2*2-1-3/h4-14,21-22,24H,15H2,1-3H3;;/t21?,22-,23?;;/m1../s1. The predicted octanol–water partition coefficient (Wildman–Crippen LogP) is 3.90. The average Bonchev–Trinajstić information content (AvgIpc) is 3.31. The van der Waals surface area contributed by atoms with Crippen LogP contribution in [0.3, 0.4) is 0 Å². The van der Waals surface area contributed by atoms with Crippen molar-refractivity contribution >= 4 is 18.0 Å². The van der Waals surface area contributed by atoms with Gasteiger partial charge >= 0.3 is 12.3 Å². The average molecular weight is 419 g/mol. The lowest BCUT2D eigenvalue weighted by Crippen LogP contribution is -2.47. The van der Waals surface area contributed by atoms with Gasteiger partial charge in [-0.2, -0.15) is 19.2 Å². The van der Waals surface area contributed by atoms with Gasteiger partial charge in [0.15, 0.2) is 0 Å². The number of hydrogen-bond donors (Lipinski definition) is 1. The summed E-state index contributed by atoms with van der Waals surface area (Å²) in [5.41, 5.74) is 6.08. The summed E-state index contributed by atoms with van der Waals surface area (Å²) in [5.74, 6) is 0. The Hall–Kier alpha value is -3.56. The number of nitrogens with one attached hydrogen (secondary N) is 1. The molecule has 6 heteroatoms. The van der Waals surface area contributed by atoms with Crippen LogP contribution >= 0.6 is 0 Å². The van der Waals surface area contributed by atoms with Gasteiger partial charge in [0.1, 0.15) is 5.60 Å². The van der Waals surface area contributed by atoms with E-state index in [-0.39, 0.29) is 30.0 Å². The van der Waals surface area contributed by atoms with Gasteiger partial charge in [-0.05, 0) is 62.1 Å². The van der Waals surface area contributed by atoms with Crippen LogP contribution in [0.25, 0.3) is 0 Å². The highest BCUT2D eigenvalue weighted by molar-refractivity contribution is 5.52. The second-order valence-electron chi connectivity index (χ2n) is 7.42. The third-order valence-electron chi connectivity index (χ3n) is 5.64. The van der Waals surface area contributed by atoms with Crippen molar-refractivity contribution < 1.29 is 23.9 Å². The Bertz CT molecular complexity index is 986. The van der Waals surface area contributed by atoms with Gasteiger partial charge in [0, 0.05) is 5.69 Å². The monoisotopic (exact) mass is 419 g/mol. The summed E-state index contributed by atoms with van der Waals surface area (Å²) in [4.78, 5) is 32.5. The number of fused-ring (bicyclic) bond motifs is 2. The summed E-state index contributed by atoms with van der Waals surface area (Å²) in [7, 11) is 0. The Kier molecular flexibility index (Phi) is 8.42. The minimum atomic E-state index is -0.352. The van der Waals surface area contributed by atoms with E-state index in [2.05, 4.69) is 92.8 Å². The van der Waals surface area contributed by atoms with Crippen LogP contribution in [0.5, 0.6) is 0 Å². The summed E-state index contributed by atoms with van der Waals surface area (Å²) >= 11 is 0. The zero-order valence-corrected chi connectivity index (χ0v) is 17.8. The maximum absolute atomic E-state index is 8.12. The molecule has 0 saturated carbocycles. The number of anilines is 1. The molecule has 0 amide bonds. The molecule has 4 rings (SSSR count). The lowest BCUT2D eigenvalue weighted by molar-refractivity contribution is -0.193. The van der Waals surface area contributed by atoms with Gasteiger partial charge in [0.25, 0.3) is 0 Å². The first kappa shape index (κ1) is 23.7. The topological polar surface area (TPSA) is 89.5 Å². The van der Waals surface area contributed by atoms with E-state index in [0.29, 0.717) is 0 Å². The van der Waals surface area contributed by atoms with Crippen LogP contribution in [-0.2, 0) is 30.3 Å². The molecule has 2 aliphatic rings. The van der Waals surface area contributed by atoms with E-state index >= 15 is 0 Å². The molecule has 3 atom stereocenters. The molecule has 0 fully saturated rings. The van der Waals surface area contributed by atoms with Crippen molar-refractivity contribution in [2.75, 3.05) is 5.32 Å². The Morgan fingerprint density at radius 1 is 0.935 bits per heavy atom. The van der Waals surface area contributed by atoms with Crippen LogP contribution in [0.1, 0.15) is 25.0 Å². The molecule has 2 aromatic rings. The van der Waals surface area contributed by atoms with Crippen LogP contribution in [0.4, 0.5) is 5.69 Å². The van der Waals surface area contributed by atoms with E-state index in [0.717, 1.165) is 12.1 Å². The molecule has 0 spiro atoms. The fourth-order valence-electron chi connectivity index (χ4n) is 3.96. The Balaban J connectivity index is 0.000000513. The first-order chi connectivity index (χ1) is 14.9. The van der Waals surface area contributed by atoms with E-state index in [1.807, 2.05) is 0 Å². The largest absolute Gasteiger partial charge is 0.378 e. The first-order valence-corrected chi connectivity index (χ1v) is 9.82. The minimum absolute atomic E-state index is 0.137.